The van der Waals surface area contributed by atoms with E-state index in [9.17, 15) is 4.79 Å². The van der Waals surface area contributed by atoms with Gasteiger partial charge in [0.2, 0.25) is 0 Å². The van der Waals surface area contributed by atoms with E-state index in [2.05, 4.69) is 6.08 Å². The molecule has 2 atom stereocenters. The highest BCUT2D eigenvalue weighted by molar-refractivity contribution is 5.81. The summed E-state index contributed by atoms with van der Waals surface area (Å²) in [6, 6.07) is 0. The van der Waals surface area contributed by atoms with Gasteiger partial charge < -0.3 is 15.4 Å². The van der Waals surface area contributed by atoms with E-state index >= 15 is 0 Å². The third kappa shape index (κ3) is 2.38. The zero-order valence-electron chi connectivity index (χ0n) is 8.89. The third-order valence-electron chi connectivity index (χ3n) is 3.02. The molecule has 4 heteroatoms. The second-order valence-corrected chi connectivity index (χ2v) is 4.10. The molecule has 0 aromatic carbocycles. The van der Waals surface area contributed by atoms with Gasteiger partial charge in [-0.1, -0.05) is 12.2 Å². The summed E-state index contributed by atoms with van der Waals surface area (Å²) in [6.45, 7) is 2.07. The van der Waals surface area contributed by atoms with Crippen LogP contribution in [0.3, 0.4) is 0 Å². The maximum Gasteiger partial charge on any atom is 0.252 e. The van der Waals surface area contributed by atoms with E-state index in [-0.39, 0.29) is 18.1 Å². The van der Waals surface area contributed by atoms with Crippen molar-refractivity contribution < 1.29 is 9.53 Å². The molecule has 2 aliphatic heterocycles. The number of nitrogens with two attached hydrogens (primary N) is 1. The smallest absolute Gasteiger partial charge is 0.252 e. The topological polar surface area (TPSA) is 55.6 Å². The summed E-state index contributed by atoms with van der Waals surface area (Å²) in [6.07, 6.45) is 6.68. The fourth-order valence-corrected chi connectivity index (χ4v) is 2.11. The third-order valence-corrected chi connectivity index (χ3v) is 3.02. The van der Waals surface area contributed by atoms with Gasteiger partial charge in [0.25, 0.3) is 5.91 Å². The Bertz CT molecular complexity index is 265. The van der Waals surface area contributed by atoms with Crippen LogP contribution in [0.4, 0.5) is 0 Å². The molecule has 0 aromatic rings. The average molecular weight is 210 g/mol. The zero-order valence-corrected chi connectivity index (χ0v) is 8.89. The lowest BCUT2D eigenvalue weighted by molar-refractivity contribution is -0.142. The first-order valence-electron chi connectivity index (χ1n) is 5.60. The molecule has 0 radical (unpaired) electrons. The predicted octanol–water partition coefficient (Wildman–Crippen LogP) is 0.281. The van der Waals surface area contributed by atoms with E-state index in [1.165, 1.54) is 0 Å². The van der Waals surface area contributed by atoms with E-state index in [0.717, 1.165) is 32.4 Å². The molecule has 2 heterocycles. The van der Waals surface area contributed by atoms with Gasteiger partial charge in [0.15, 0.2) is 0 Å². The van der Waals surface area contributed by atoms with E-state index in [4.69, 9.17) is 10.5 Å². The average Bonchev–Trinajstić information content (AvgIpc) is 2.78. The second-order valence-electron chi connectivity index (χ2n) is 4.10. The Morgan fingerprint density at radius 3 is 2.93 bits per heavy atom. The number of rotatable bonds is 2. The van der Waals surface area contributed by atoms with Crippen molar-refractivity contribution in [2.45, 2.75) is 31.5 Å². The lowest BCUT2D eigenvalue weighted by Gasteiger charge is -2.26. The van der Waals surface area contributed by atoms with Crippen LogP contribution in [0.5, 0.6) is 0 Å². The predicted molar refractivity (Wildman–Crippen MR) is 57.3 cm³/mol. The van der Waals surface area contributed by atoms with Gasteiger partial charge in [-0.15, -0.1) is 0 Å². The summed E-state index contributed by atoms with van der Waals surface area (Å²) in [5.74, 6) is 0.135. The molecule has 1 fully saturated rings. The molecule has 2 aliphatic rings. The Labute approximate surface area is 90.1 Å². The zero-order chi connectivity index (χ0) is 10.7. The lowest BCUT2D eigenvalue weighted by atomic mass is 10.1. The van der Waals surface area contributed by atoms with Crippen molar-refractivity contribution in [3.63, 3.8) is 0 Å². The summed E-state index contributed by atoms with van der Waals surface area (Å²) in [5, 5.41) is 0. The first-order valence-corrected chi connectivity index (χ1v) is 5.60. The molecule has 0 spiro atoms. The Morgan fingerprint density at radius 2 is 2.33 bits per heavy atom. The van der Waals surface area contributed by atoms with Crippen molar-refractivity contribution in [2.24, 2.45) is 5.73 Å². The number of hydrogen-bond donors (Lipinski definition) is 1. The van der Waals surface area contributed by atoms with Crippen LogP contribution in [0, 0.1) is 0 Å². The Balaban J connectivity index is 1.88. The van der Waals surface area contributed by atoms with Gasteiger partial charge in [-0.2, -0.15) is 0 Å². The molecule has 4 nitrogen and oxygen atoms in total. The van der Waals surface area contributed by atoms with Gasteiger partial charge in [-0.25, -0.2) is 0 Å². The molecule has 1 saturated heterocycles. The number of carbonyl (C=O) groups excluding carboxylic acids is 1. The van der Waals surface area contributed by atoms with Crippen LogP contribution in [0.2, 0.25) is 0 Å². The highest BCUT2D eigenvalue weighted by Crippen LogP contribution is 2.21. The van der Waals surface area contributed by atoms with Crippen LogP contribution >= 0.6 is 0 Å². The number of ether oxygens (including phenoxy) is 1. The summed E-state index contributed by atoms with van der Waals surface area (Å²) in [7, 11) is 0. The van der Waals surface area contributed by atoms with Crippen LogP contribution in [0.15, 0.2) is 12.2 Å². The maximum absolute atomic E-state index is 12.0. The quantitative estimate of drug-likeness (QED) is 0.666. The van der Waals surface area contributed by atoms with Gasteiger partial charge in [0, 0.05) is 19.6 Å². The first kappa shape index (κ1) is 10.6. The number of hydrogen-bond acceptors (Lipinski definition) is 3. The SMILES string of the molecule is NCC1CCC(C(=O)N2CC=CCC2)O1. The minimum Gasteiger partial charge on any atom is -0.364 e. The molecule has 84 valence electrons. The van der Waals surface area contributed by atoms with Crippen molar-refractivity contribution in [3.8, 4) is 0 Å². The highest BCUT2D eigenvalue weighted by atomic mass is 16.5. The molecule has 0 bridgehead atoms. The monoisotopic (exact) mass is 210 g/mol. The summed E-state index contributed by atoms with van der Waals surface area (Å²) in [4.78, 5) is 13.9. The summed E-state index contributed by atoms with van der Waals surface area (Å²) < 4.78 is 5.59. The van der Waals surface area contributed by atoms with Crippen LogP contribution in [-0.4, -0.2) is 42.6 Å². The minimum atomic E-state index is -0.245. The van der Waals surface area contributed by atoms with Crippen molar-refractivity contribution in [1.82, 2.24) is 4.90 Å². The maximum atomic E-state index is 12.0. The van der Waals surface area contributed by atoms with Crippen LogP contribution < -0.4 is 5.73 Å². The lowest BCUT2D eigenvalue weighted by Crippen LogP contribution is -2.41. The van der Waals surface area contributed by atoms with Crippen LogP contribution in [-0.2, 0) is 9.53 Å². The molecular formula is C11H18N2O2. The molecule has 0 aliphatic carbocycles. The van der Waals surface area contributed by atoms with Crippen molar-refractivity contribution in [2.75, 3.05) is 19.6 Å². The van der Waals surface area contributed by atoms with E-state index in [1.807, 2.05) is 11.0 Å². The van der Waals surface area contributed by atoms with Gasteiger partial charge in [-0.05, 0) is 19.3 Å². The number of amides is 1. The highest BCUT2D eigenvalue weighted by Gasteiger charge is 2.32. The van der Waals surface area contributed by atoms with Crippen LogP contribution in [0.1, 0.15) is 19.3 Å². The molecular weight excluding hydrogens is 192 g/mol. The largest absolute Gasteiger partial charge is 0.364 e. The molecule has 2 N–H and O–H groups in total. The van der Waals surface area contributed by atoms with Gasteiger partial charge >= 0.3 is 0 Å². The molecule has 0 saturated carbocycles. The summed E-state index contributed by atoms with van der Waals surface area (Å²) >= 11 is 0. The molecule has 2 unspecified atom stereocenters. The minimum absolute atomic E-state index is 0.0827. The molecule has 1 amide bonds. The van der Waals surface area contributed by atoms with E-state index < -0.39 is 0 Å². The Hall–Kier alpha value is -0.870. The fourth-order valence-electron chi connectivity index (χ4n) is 2.11. The van der Waals surface area contributed by atoms with Crippen LogP contribution in [0.25, 0.3) is 0 Å². The van der Waals surface area contributed by atoms with E-state index in [1.54, 1.807) is 0 Å². The Morgan fingerprint density at radius 1 is 1.47 bits per heavy atom. The molecule has 15 heavy (non-hydrogen) atoms. The molecule has 2 rings (SSSR count). The van der Waals surface area contributed by atoms with Crippen molar-refractivity contribution in [3.05, 3.63) is 12.2 Å². The normalized spacial score (nSPS) is 30.9. The first-order chi connectivity index (χ1) is 7.31. The van der Waals surface area contributed by atoms with Gasteiger partial charge in [0.1, 0.15) is 6.10 Å². The second kappa shape index (κ2) is 4.77. The van der Waals surface area contributed by atoms with Gasteiger partial charge in [0.05, 0.1) is 6.10 Å². The fraction of sp³-hybridized carbons (Fsp3) is 0.727. The van der Waals surface area contributed by atoms with Gasteiger partial charge in [-0.3, -0.25) is 4.79 Å². The summed E-state index contributed by atoms with van der Waals surface area (Å²) in [5.41, 5.74) is 5.51. The number of carbonyl (C=O) groups is 1. The van der Waals surface area contributed by atoms with Crippen molar-refractivity contribution >= 4 is 5.91 Å². The Kier molecular flexibility index (Phi) is 3.38. The van der Waals surface area contributed by atoms with E-state index in [0.29, 0.717) is 6.54 Å². The number of nitrogens with zero attached hydrogens (tertiary/aromatic N) is 1. The standard InChI is InChI=1S/C11H18N2O2/c12-8-9-4-5-10(15-9)11(14)13-6-2-1-3-7-13/h1-2,9-10H,3-8,12H2. The van der Waals surface area contributed by atoms with Crippen molar-refractivity contribution in [1.29, 1.82) is 0 Å². The molecule has 0 aromatic heterocycles.